The van der Waals surface area contributed by atoms with Crippen molar-refractivity contribution in [3.63, 3.8) is 0 Å². The molecule has 1 aliphatic carbocycles. The Morgan fingerprint density at radius 2 is 2.18 bits per heavy atom. The topological polar surface area (TPSA) is 24.9 Å². The van der Waals surface area contributed by atoms with Crippen molar-refractivity contribution in [3.8, 4) is 0 Å². The Kier molecular flexibility index (Phi) is 3.93. The fourth-order valence-corrected chi connectivity index (χ4v) is 2.81. The molecule has 0 unspecified atom stereocenters. The predicted octanol–water partition coefficient (Wildman–Crippen LogP) is 3.99. The number of halogens is 1. The summed E-state index contributed by atoms with van der Waals surface area (Å²) in [5.41, 5.74) is 1.24. The summed E-state index contributed by atoms with van der Waals surface area (Å²) < 4.78 is 0. The van der Waals surface area contributed by atoms with E-state index < -0.39 is 0 Å². The Morgan fingerprint density at radius 3 is 2.76 bits per heavy atom. The average Bonchev–Trinajstić information content (AvgIpc) is 2.35. The van der Waals surface area contributed by atoms with Crippen molar-refractivity contribution < 1.29 is 0 Å². The smallest absolute Gasteiger partial charge is 0.129 e. The Morgan fingerprint density at radius 1 is 1.47 bits per heavy atom. The van der Waals surface area contributed by atoms with Crippen LogP contribution in [-0.2, 0) is 0 Å². The molecule has 0 atom stereocenters. The zero-order chi connectivity index (χ0) is 12.3. The van der Waals surface area contributed by atoms with Gasteiger partial charge in [0.15, 0.2) is 0 Å². The van der Waals surface area contributed by atoms with Gasteiger partial charge in [0.25, 0.3) is 0 Å². The zero-order valence-electron chi connectivity index (χ0n) is 10.7. The number of pyridine rings is 1. The molecule has 3 heteroatoms. The lowest BCUT2D eigenvalue weighted by Gasteiger charge is -2.39. The van der Waals surface area contributed by atoms with Gasteiger partial charge in [-0.15, -0.1) is 11.6 Å². The molecule has 1 saturated carbocycles. The van der Waals surface area contributed by atoms with E-state index in [2.05, 4.69) is 30.2 Å². The molecule has 2 rings (SSSR count). The maximum atomic E-state index is 6.20. The third kappa shape index (κ3) is 2.92. The number of nitrogens with one attached hydrogen (secondary N) is 1. The van der Waals surface area contributed by atoms with Crippen LogP contribution in [0.3, 0.4) is 0 Å². The van der Waals surface area contributed by atoms with Crippen LogP contribution in [0.2, 0.25) is 0 Å². The summed E-state index contributed by atoms with van der Waals surface area (Å²) in [6.45, 7) is 4.41. The summed E-state index contributed by atoms with van der Waals surface area (Å²) in [7, 11) is 0. The van der Waals surface area contributed by atoms with E-state index in [1.54, 1.807) is 0 Å². The molecule has 1 aliphatic rings. The van der Waals surface area contributed by atoms with E-state index >= 15 is 0 Å². The van der Waals surface area contributed by atoms with Gasteiger partial charge in [-0.1, -0.05) is 13.0 Å². The molecule has 0 bridgehead atoms. The number of nitrogens with zero attached hydrogens (tertiary/aromatic N) is 1. The van der Waals surface area contributed by atoms with Crippen molar-refractivity contribution in [2.24, 2.45) is 5.92 Å². The molecule has 17 heavy (non-hydrogen) atoms. The van der Waals surface area contributed by atoms with Crippen molar-refractivity contribution in [3.05, 3.63) is 23.9 Å². The van der Waals surface area contributed by atoms with Crippen LogP contribution >= 0.6 is 11.6 Å². The zero-order valence-corrected chi connectivity index (χ0v) is 11.4. The van der Waals surface area contributed by atoms with Crippen molar-refractivity contribution in [1.82, 2.24) is 4.98 Å². The number of aryl methyl sites for hydroxylation is 1. The number of hydrogen-bond donors (Lipinski definition) is 1. The number of rotatable bonds is 3. The highest BCUT2D eigenvalue weighted by Gasteiger charge is 2.33. The fraction of sp³-hybridized carbons (Fsp3) is 0.643. The molecule has 1 heterocycles. The molecule has 1 aromatic rings. The van der Waals surface area contributed by atoms with E-state index in [0.717, 1.165) is 24.6 Å². The highest BCUT2D eigenvalue weighted by Crippen LogP contribution is 2.35. The first-order valence-corrected chi connectivity index (χ1v) is 6.94. The Hall–Kier alpha value is -0.760. The predicted molar refractivity (Wildman–Crippen MR) is 73.7 cm³/mol. The second-order valence-electron chi connectivity index (χ2n) is 5.39. The quantitative estimate of drug-likeness (QED) is 0.823. The average molecular weight is 253 g/mol. The van der Waals surface area contributed by atoms with E-state index in [4.69, 9.17) is 11.6 Å². The van der Waals surface area contributed by atoms with E-state index in [1.165, 1.54) is 18.4 Å². The summed E-state index contributed by atoms with van der Waals surface area (Å²) in [6.07, 6.45) is 6.64. The Bertz CT molecular complexity index is 370. The third-order valence-electron chi connectivity index (χ3n) is 3.88. The number of alkyl halides is 1. The van der Waals surface area contributed by atoms with Crippen molar-refractivity contribution in [2.75, 3.05) is 11.2 Å². The number of aromatic nitrogens is 1. The molecule has 1 N–H and O–H groups in total. The van der Waals surface area contributed by atoms with Gasteiger partial charge in [0.1, 0.15) is 5.82 Å². The minimum absolute atomic E-state index is 0.0488. The normalized spacial score (nSPS) is 29.0. The summed E-state index contributed by atoms with van der Waals surface area (Å²) in [5, 5.41) is 3.59. The molecular formula is C14H21ClN2. The molecule has 0 aromatic carbocycles. The highest BCUT2D eigenvalue weighted by molar-refractivity contribution is 6.18. The van der Waals surface area contributed by atoms with E-state index in [9.17, 15) is 0 Å². The van der Waals surface area contributed by atoms with E-state index in [0.29, 0.717) is 5.88 Å². The highest BCUT2D eigenvalue weighted by atomic mass is 35.5. The van der Waals surface area contributed by atoms with Gasteiger partial charge in [-0.05, 0) is 50.2 Å². The molecule has 0 spiro atoms. The van der Waals surface area contributed by atoms with Gasteiger partial charge in [-0.25, -0.2) is 4.98 Å². The van der Waals surface area contributed by atoms with E-state index in [-0.39, 0.29) is 5.54 Å². The monoisotopic (exact) mass is 252 g/mol. The van der Waals surface area contributed by atoms with Crippen molar-refractivity contribution in [1.29, 1.82) is 0 Å². The number of anilines is 1. The molecular weight excluding hydrogens is 232 g/mol. The van der Waals surface area contributed by atoms with Crippen LogP contribution in [0.5, 0.6) is 0 Å². The van der Waals surface area contributed by atoms with Crippen LogP contribution in [0, 0.1) is 12.8 Å². The van der Waals surface area contributed by atoms with Crippen LogP contribution in [0.25, 0.3) is 0 Å². The van der Waals surface area contributed by atoms with Gasteiger partial charge in [-0.2, -0.15) is 0 Å². The summed E-state index contributed by atoms with van der Waals surface area (Å²) >= 11 is 6.20. The molecule has 94 valence electrons. The SMILES string of the molecule is Cc1cccnc1NC1(CCl)CCC(C)CC1. The standard InChI is InChI=1S/C14H21ClN2/c1-11-5-7-14(10-15,8-6-11)17-13-12(2)4-3-9-16-13/h3-4,9,11H,5-8,10H2,1-2H3,(H,16,17). The minimum Gasteiger partial charge on any atom is -0.363 e. The largest absolute Gasteiger partial charge is 0.363 e. The molecule has 1 aromatic heterocycles. The van der Waals surface area contributed by atoms with Crippen LogP contribution < -0.4 is 5.32 Å². The van der Waals surface area contributed by atoms with Crippen LogP contribution in [0.15, 0.2) is 18.3 Å². The van der Waals surface area contributed by atoms with Crippen LogP contribution in [0.4, 0.5) is 5.82 Å². The van der Waals surface area contributed by atoms with Gasteiger partial charge < -0.3 is 5.32 Å². The lowest BCUT2D eigenvalue weighted by Crippen LogP contribution is -2.44. The van der Waals surface area contributed by atoms with Gasteiger partial charge in [0.2, 0.25) is 0 Å². The first kappa shape index (κ1) is 12.7. The van der Waals surface area contributed by atoms with Gasteiger partial charge in [0.05, 0.1) is 5.54 Å². The second-order valence-corrected chi connectivity index (χ2v) is 5.66. The van der Waals surface area contributed by atoms with Gasteiger partial charge >= 0.3 is 0 Å². The fourth-order valence-electron chi connectivity index (χ4n) is 2.47. The third-order valence-corrected chi connectivity index (χ3v) is 4.39. The van der Waals surface area contributed by atoms with E-state index in [1.807, 2.05) is 12.3 Å². The van der Waals surface area contributed by atoms with Gasteiger partial charge in [0, 0.05) is 12.1 Å². The Labute approximate surface area is 109 Å². The first-order valence-electron chi connectivity index (χ1n) is 6.41. The second kappa shape index (κ2) is 5.26. The first-order chi connectivity index (χ1) is 8.15. The molecule has 1 fully saturated rings. The van der Waals surface area contributed by atoms with Crippen LogP contribution in [0.1, 0.15) is 38.2 Å². The van der Waals surface area contributed by atoms with Crippen molar-refractivity contribution >= 4 is 17.4 Å². The van der Waals surface area contributed by atoms with Crippen LogP contribution in [-0.4, -0.2) is 16.4 Å². The summed E-state index contributed by atoms with van der Waals surface area (Å²) in [4.78, 5) is 4.41. The Balaban J connectivity index is 2.12. The number of hydrogen-bond acceptors (Lipinski definition) is 2. The summed E-state index contributed by atoms with van der Waals surface area (Å²) in [5.74, 6) is 2.48. The lowest BCUT2D eigenvalue weighted by molar-refractivity contribution is 0.286. The minimum atomic E-state index is 0.0488. The molecule has 0 aliphatic heterocycles. The molecule has 0 radical (unpaired) electrons. The van der Waals surface area contributed by atoms with Crippen molar-refractivity contribution in [2.45, 2.75) is 45.1 Å². The van der Waals surface area contributed by atoms with Gasteiger partial charge in [-0.3, -0.25) is 0 Å². The molecule has 2 nitrogen and oxygen atoms in total. The maximum absolute atomic E-state index is 6.20. The molecule has 0 saturated heterocycles. The molecule has 0 amide bonds. The maximum Gasteiger partial charge on any atom is 0.129 e. The summed E-state index contributed by atoms with van der Waals surface area (Å²) in [6, 6.07) is 4.06. The lowest BCUT2D eigenvalue weighted by atomic mass is 9.78.